The summed E-state index contributed by atoms with van der Waals surface area (Å²) in [5.74, 6) is -0.444. The van der Waals surface area contributed by atoms with E-state index in [0.717, 1.165) is 19.4 Å². The summed E-state index contributed by atoms with van der Waals surface area (Å²) in [6.07, 6.45) is 1.71. The number of carbonyl (C=O) groups excluding carboxylic acids is 2. The Morgan fingerprint density at radius 1 is 1.48 bits per heavy atom. The molecule has 1 aromatic rings. The molecule has 1 N–H and O–H groups in total. The number of carbonyl (C=O) groups is 2. The molecule has 1 saturated heterocycles. The van der Waals surface area contributed by atoms with Crippen molar-refractivity contribution in [3.8, 4) is 0 Å². The molecule has 0 aliphatic carbocycles. The van der Waals surface area contributed by atoms with Gasteiger partial charge in [0.1, 0.15) is 0 Å². The Hall–Kier alpha value is -1.59. The highest BCUT2D eigenvalue weighted by molar-refractivity contribution is 6.30. The molecule has 1 fully saturated rings. The van der Waals surface area contributed by atoms with E-state index in [9.17, 15) is 9.59 Å². The van der Waals surface area contributed by atoms with Crippen LogP contribution in [-0.2, 0) is 14.3 Å². The third kappa shape index (κ3) is 4.72. The van der Waals surface area contributed by atoms with E-state index in [4.69, 9.17) is 16.3 Å². The summed E-state index contributed by atoms with van der Waals surface area (Å²) in [5.41, 5.74) is 0.675. The Balaban J connectivity index is 1.86. The Labute approximate surface area is 129 Å². The molecule has 1 aliphatic heterocycles. The Kier molecular flexibility index (Phi) is 5.59. The number of nitrogens with one attached hydrogen (secondary N) is 1. The van der Waals surface area contributed by atoms with Gasteiger partial charge in [-0.3, -0.25) is 14.5 Å². The number of methoxy groups -OCH3 is 1. The number of halogens is 1. The lowest BCUT2D eigenvalue weighted by molar-refractivity contribution is -0.147. The van der Waals surface area contributed by atoms with Crippen LogP contribution in [0.15, 0.2) is 24.3 Å². The van der Waals surface area contributed by atoms with Gasteiger partial charge in [0.2, 0.25) is 5.91 Å². The van der Waals surface area contributed by atoms with Crippen molar-refractivity contribution < 1.29 is 14.3 Å². The second-order valence-corrected chi connectivity index (χ2v) is 5.59. The summed E-state index contributed by atoms with van der Waals surface area (Å²) in [6.45, 7) is 1.64. The first-order valence-electron chi connectivity index (χ1n) is 6.94. The standard InChI is InChI=1S/C15H19ClN2O3/c1-21-15(20)11-4-3-7-18(9-11)10-14(19)17-13-6-2-5-12(16)8-13/h2,5-6,8,11H,3-4,7,9-10H2,1H3,(H,17,19). The van der Waals surface area contributed by atoms with E-state index in [0.29, 0.717) is 17.3 Å². The highest BCUT2D eigenvalue weighted by Crippen LogP contribution is 2.18. The molecule has 0 aromatic heterocycles. The van der Waals surface area contributed by atoms with Crippen molar-refractivity contribution in [2.75, 3.05) is 32.1 Å². The van der Waals surface area contributed by atoms with Gasteiger partial charge in [-0.05, 0) is 37.6 Å². The molecule has 1 aromatic carbocycles. The van der Waals surface area contributed by atoms with Gasteiger partial charge in [-0.1, -0.05) is 17.7 Å². The lowest BCUT2D eigenvalue weighted by Gasteiger charge is -2.30. The number of esters is 1. The van der Waals surface area contributed by atoms with Crippen molar-refractivity contribution in [3.05, 3.63) is 29.3 Å². The van der Waals surface area contributed by atoms with E-state index >= 15 is 0 Å². The topological polar surface area (TPSA) is 58.6 Å². The molecule has 1 atom stereocenters. The average Bonchev–Trinajstić information content (AvgIpc) is 2.46. The van der Waals surface area contributed by atoms with Crippen molar-refractivity contribution >= 4 is 29.2 Å². The minimum Gasteiger partial charge on any atom is -0.469 e. The first-order chi connectivity index (χ1) is 10.1. The Morgan fingerprint density at radius 2 is 2.29 bits per heavy atom. The van der Waals surface area contributed by atoms with E-state index in [-0.39, 0.29) is 24.3 Å². The first kappa shape index (κ1) is 15.8. The largest absolute Gasteiger partial charge is 0.469 e. The molecule has 0 bridgehead atoms. The van der Waals surface area contributed by atoms with Gasteiger partial charge in [-0.2, -0.15) is 0 Å². The monoisotopic (exact) mass is 310 g/mol. The van der Waals surface area contributed by atoms with E-state index in [1.807, 2.05) is 4.90 Å². The van der Waals surface area contributed by atoms with Gasteiger partial charge in [0.05, 0.1) is 19.6 Å². The highest BCUT2D eigenvalue weighted by Gasteiger charge is 2.27. The number of anilines is 1. The van der Waals surface area contributed by atoms with Crippen LogP contribution in [0.4, 0.5) is 5.69 Å². The van der Waals surface area contributed by atoms with E-state index in [1.54, 1.807) is 24.3 Å². The molecule has 21 heavy (non-hydrogen) atoms. The van der Waals surface area contributed by atoms with Crippen LogP contribution in [0.2, 0.25) is 5.02 Å². The van der Waals surface area contributed by atoms with E-state index in [2.05, 4.69) is 5.32 Å². The molecule has 0 radical (unpaired) electrons. The molecule has 2 rings (SSSR count). The minimum absolute atomic E-state index is 0.109. The maximum Gasteiger partial charge on any atom is 0.309 e. The summed E-state index contributed by atoms with van der Waals surface area (Å²) in [4.78, 5) is 25.6. The third-order valence-electron chi connectivity index (χ3n) is 3.52. The summed E-state index contributed by atoms with van der Waals surface area (Å²) in [6, 6.07) is 7.03. The van der Waals surface area contributed by atoms with Crippen LogP contribution in [-0.4, -0.2) is 43.5 Å². The molecule has 6 heteroatoms. The zero-order valence-electron chi connectivity index (χ0n) is 12.0. The van der Waals surface area contributed by atoms with Crippen LogP contribution in [0.5, 0.6) is 0 Å². The fraction of sp³-hybridized carbons (Fsp3) is 0.467. The maximum absolute atomic E-state index is 12.0. The Bertz CT molecular complexity index is 521. The van der Waals surface area contributed by atoms with Gasteiger partial charge < -0.3 is 10.1 Å². The van der Waals surface area contributed by atoms with Gasteiger partial charge in [0, 0.05) is 17.3 Å². The van der Waals surface area contributed by atoms with Crippen molar-refractivity contribution in [1.82, 2.24) is 4.90 Å². The SMILES string of the molecule is COC(=O)C1CCCN(CC(=O)Nc2cccc(Cl)c2)C1. The quantitative estimate of drug-likeness (QED) is 0.866. The summed E-state index contributed by atoms with van der Waals surface area (Å²) >= 11 is 5.88. The third-order valence-corrected chi connectivity index (χ3v) is 3.75. The van der Waals surface area contributed by atoms with Crippen molar-refractivity contribution in [3.63, 3.8) is 0 Å². The van der Waals surface area contributed by atoms with Crippen LogP contribution >= 0.6 is 11.6 Å². The molecule has 1 aliphatic rings. The van der Waals surface area contributed by atoms with Crippen LogP contribution in [0.3, 0.4) is 0 Å². The minimum atomic E-state index is -0.199. The second-order valence-electron chi connectivity index (χ2n) is 5.16. The van der Waals surface area contributed by atoms with Crippen molar-refractivity contribution in [2.45, 2.75) is 12.8 Å². The summed E-state index contributed by atoms with van der Waals surface area (Å²) in [7, 11) is 1.40. The summed E-state index contributed by atoms with van der Waals surface area (Å²) in [5, 5.41) is 3.39. The smallest absolute Gasteiger partial charge is 0.309 e. The van der Waals surface area contributed by atoms with Gasteiger partial charge in [0.15, 0.2) is 0 Å². The molecular weight excluding hydrogens is 292 g/mol. The second kappa shape index (κ2) is 7.43. The lowest BCUT2D eigenvalue weighted by atomic mass is 9.98. The Morgan fingerprint density at radius 3 is 3.00 bits per heavy atom. The van der Waals surface area contributed by atoms with Crippen LogP contribution in [0, 0.1) is 5.92 Å². The van der Waals surface area contributed by atoms with Crippen LogP contribution in [0.1, 0.15) is 12.8 Å². The van der Waals surface area contributed by atoms with E-state index in [1.165, 1.54) is 7.11 Å². The summed E-state index contributed by atoms with van der Waals surface area (Å²) < 4.78 is 4.77. The fourth-order valence-corrected chi connectivity index (χ4v) is 2.72. The average molecular weight is 311 g/mol. The molecule has 5 nitrogen and oxygen atoms in total. The highest BCUT2D eigenvalue weighted by atomic mass is 35.5. The molecule has 0 saturated carbocycles. The predicted molar refractivity (Wildman–Crippen MR) is 81.3 cm³/mol. The zero-order valence-corrected chi connectivity index (χ0v) is 12.7. The van der Waals surface area contributed by atoms with Crippen molar-refractivity contribution in [2.24, 2.45) is 5.92 Å². The number of hydrogen-bond acceptors (Lipinski definition) is 4. The number of benzene rings is 1. The zero-order chi connectivity index (χ0) is 15.2. The van der Waals surface area contributed by atoms with Gasteiger partial charge >= 0.3 is 5.97 Å². The normalized spacial score (nSPS) is 19.0. The maximum atomic E-state index is 12.0. The van der Waals surface area contributed by atoms with E-state index < -0.39 is 0 Å². The molecule has 1 unspecified atom stereocenters. The molecule has 1 heterocycles. The number of hydrogen-bond donors (Lipinski definition) is 1. The number of piperidine rings is 1. The lowest BCUT2D eigenvalue weighted by Crippen LogP contribution is -2.42. The fourth-order valence-electron chi connectivity index (χ4n) is 2.53. The van der Waals surface area contributed by atoms with Crippen molar-refractivity contribution in [1.29, 1.82) is 0 Å². The number of rotatable bonds is 4. The number of nitrogens with zero attached hydrogens (tertiary/aromatic N) is 1. The number of ether oxygens (including phenoxy) is 1. The first-order valence-corrected chi connectivity index (χ1v) is 7.32. The number of likely N-dealkylation sites (tertiary alicyclic amines) is 1. The van der Waals surface area contributed by atoms with Crippen LogP contribution in [0.25, 0.3) is 0 Å². The molecule has 114 valence electrons. The van der Waals surface area contributed by atoms with Gasteiger partial charge in [-0.15, -0.1) is 0 Å². The molecular formula is C15H19ClN2O3. The van der Waals surface area contributed by atoms with Crippen LogP contribution < -0.4 is 5.32 Å². The molecule has 0 spiro atoms. The van der Waals surface area contributed by atoms with Gasteiger partial charge in [-0.25, -0.2) is 0 Å². The number of amides is 1. The predicted octanol–water partition coefficient (Wildman–Crippen LogP) is 2.16. The molecule has 1 amide bonds. The van der Waals surface area contributed by atoms with Gasteiger partial charge in [0.25, 0.3) is 0 Å².